The van der Waals surface area contributed by atoms with Crippen molar-refractivity contribution in [1.29, 1.82) is 0 Å². The molecule has 2 aromatic rings. The number of hydrogen-bond donors (Lipinski definition) is 1. The molecule has 0 saturated heterocycles. The third-order valence-electron chi connectivity index (χ3n) is 3.25. The molecule has 18 heavy (non-hydrogen) atoms. The van der Waals surface area contributed by atoms with Crippen LogP contribution in [0.15, 0.2) is 24.3 Å². The van der Waals surface area contributed by atoms with Crippen LogP contribution in [-0.2, 0) is 0 Å². The maximum Gasteiger partial charge on any atom is 0.133 e. The van der Waals surface area contributed by atoms with E-state index in [0.29, 0.717) is 10.6 Å². The van der Waals surface area contributed by atoms with Gasteiger partial charge in [0.25, 0.3) is 0 Å². The number of halogens is 1. The van der Waals surface area contributed by atoms with Crippen molar-refractivity contribution in [3.8, 4) is 11.3 Å². The van der Waals surface area contributed by atoms with E-state index in [1.165, 1.54) is 12.8 Å². The van der Waals surface area contributed by atoms with E-state index >= 15 is 0 Å². The molecule has 4 heteroatoms. The Morgan fingerprint density at radius 1 is 1.39 bits per heavy atom. The van der Waals surface area contributed by atoms with Crippen molar-refractivity contribution in [2.24, 2.45) is 0 Å². The number of nitrogens with zero attached hydrogens (tertiary/aromatic N) is 1. The van der Waals surface area contributed by atoms with Gasteiger partial charge in [0, 0.05) is 16.5 Å². The fourth-order valence-electron chi connectivity index (χ4n) is 2.03. The van der Waals surface area contributed by atoms with Gasteiger partial charge in [-0.25, -0.2) is 4.98 Å². The molecular weight excluding hydrogens is 264 g/mol. The number of aromatic nitrogens is 2. The lowest BCUT2D eigenvalue weighted by Crippen LogP contribution is -1.99. The number of H-pyrrole nitrogens is 1. The quantitative estimate of drug-likeness (QED) is 0.809. The van der Waals surface area contributed by atoms with Crippen LogP contribution < -0.4 is 0 Å². The molecule has 92 valence electrons. The fourth-order valence-corrected chi connectivity index (χ4v) is 2.42. The molecule has 1 aliphatic rings. The maximum absolute atomic E-state index is 6.05. The van der Waals surface area contributed by atoms with Gasteiger partial charge in [0.2, 0.25) is 0 Å². The molecule has 1 heterocycles. The van der Waals surface area contributed by atoms with Crippen LogP contribution in [0.1, 0.15) is 30.1 Å². The molecule has 1 aromatic heterocycles. The van der Waals surface area contributed by atoms with Gasteiger partial charge < -0.3 is 4.98 Å². The highest BCUT2D eigenvalue weighted by molar-refractivity contribution is 7.71. The SMILES string of the molecule is Cc1c(-c2cccc(Cl)c2)[nH]c(C2CC2)nc1=S. The normalized spacial score (nSPS) is 14.8. The van der Waals surface area contributed by atoms with Gasteiger partial charge in [0.1, 0.15) is 10.5 Å². The minimum absolute atomic E-state index is 0.560. The van der Waals surface area contributed by atoms with Crippen molar-refractivity contribution in [3.63, 3.8) is 0 Å². The second kappa shape index (κ2) is 4.48. The molecule has 1 aliphatic carbocycles. The first-order valence-corrected chi connectivity index (χ1v) is 6.80. The van der Waals surface area contributed by atoms with E-state index in [9.17, 15) is 0 Å². The molecule has 3 rings (SSSR count). The van der Waals surface area contributed by atoms with Crippen molar-refractivity contribution >= 4 is 23.8 Å². The Morgan fingerprint density at radius 2 is 2.17 bits per heavy atom. The second-order valence-electron chi connectivity index (χ2n) is 4.71. The molecule has 0 aliphatic heterocycles. The van der Waals surface area contributed by atoms with Crippen molar-refractivity contribution in [3.05, 3.63) is 45.3 Å². The number of nitrogens with one attached hydrogen (secondary N) is 1. The smallest absolute Gasteiger partial charge is 0.133 e. The standard InChI is InChI=1S/C14H13ClN2S/c1-8-12(10-3-2-4-11(15)7-10)16-13(9-5-6-9)17-14(8)18/h2-4,7,9H,5-6H2,1H3,(H,16,17,18). The van der Waals surface area contributed by atoms with Gasteiger partial charge >= 0.3 is 0 Å². The summed E-state index contributed by atoms with van der Waals surface area (Å²) in [6, 6.07) is 7.81. The van der Waals surface area contributed by atoms with E-state index in [1.54, 1.807) is 0 Å². The average molecular weight is 277 g/mol. The predicted octanol–water partition coefficient (Wildman–Crippen LogP) is 4.65. The third kappa shape index (κ3) is 2.20. The average Bonchev–Trinajstić information content (AvgIpc) is 3.16. The molecule has 1 saturated carbocycles. The molecule has 2 nitrogen and oxygen atoms in total. The van der Waals surface area contributed by atoms with E-state index in [1.807, 2.05) is 31.2 Å². The van der Waals surface area contributed by atoms with Gasteiger partial charge in [0.05, 0.1) is 5.69 Å². The van der Waals surface area contributed by atoms with Gasteiger partial charge in [-0.3, -0.25) is 0 Å². The van der Waals surface area contributed by atoms with E-state index in [-0.39, 0.29) is 0 Å². The molecule has 1 N–H and O–H groups in total. The fraction of sp³-hybridized carbons (Fsp3) is 0.286. The van der Waals surface area contributed by atoms with Crippen molar-refractivity contribution in [2.45, 2.75) is 25.7 Å². The van der Waals surface area contributed by atoms with Crippen LogP contribution in [-0.4, -0.2) is 9.97 Å². The minimum Gasteiger partial charge on any atom is -0.343 e. The lowest BCUT2D eigenvalue weighted by Gasteiger charge is -2.09. The lowest BCUT2D eigenvalue weighted by molar-refractivity contribution is 0.914. The zero-order valence-corrected chi connectivity index (χ0v) is 11.6. The van der Waals surface area contributed by atoms with E-state index < -0.39 is 0 Å². The second-order valence-corrected chi connectivity index (χ2v) is 5.53. The molecule has 1 fully saturated rings. The molecule has 0 radical (unpaired) electrons. The zero-order chi connectivity index (χ0) is 12.7. The monoisotopic (exact) mass is 276 g/mol. The topological polar surface area (TPSA) is 28.7 Å². The summed E-state index contributed by atoms with van der Waals surface area (Å²) >= 11 is 11.4. The summed E-state index contributed by atoms with van der Waals surface area (Å²) in [7, 11) is 0. The minimum atomic E-state index is 0.560. The first kappa shape index (κ1) is 11.9. The summed E-state index contributed by atoms with van der Waals surface area (Å²) < 4.78 is 0.686. The van der Waals surface area contributed by atoms with Crippen LogP contribution >= 0.6 is 23.8 Å². The number of hydrogen-bond acceptors (Lipinski definition) is 2. The van der Waals surface area contributed by atoms with Crippen LogP contribution in [0.25, 0.3) is 11.3 Å². The third-order valence-corrected chi connectivity index (χ3v) is 3.88. The van der Waals surface area contributed by atoms with Gasteiger partial charge in [-0.05, 0) is 37.5 Å². The predicted molar refractivity (Wildman–Crippen MR) is 76.6 cm³/mol. The van der Waals surface area contributed by atoms with Crippen molar-refractivity contribution in [1.82, 2.24) is 9.97 Å². The Balaban J connectivity index is 2.18. The highest BCUT2D eigenvalue weighted by Crippen LogP contribution is 2.39. The Labute approximate surface area is 116 Å². The molecule has 0 amide bonds. The van der Waals surface area contributed by atoms with Crippen molar-refractivity contribution in [2.75, 3.05) is 0 Å². The lowest BCUT2D eigenvalue weighted by atomic mass is 10.1. The summed E-state index contributed by atoms with van der Waals surface area (Å²) in [5.41, 5.74) is 3.12. The highest BCUT2D eigenvalue weighted by Gasteiger charge is 2.26. The summed E-state index contributed by atoms with van der Waals surface area (Å²) in [6.07, 6.45) is 2.41. The largest absolute Gasteiger partial charge is 0.343 e. The van der Waals surface area contributed by atoms with Crippen LogP contribution in [0.4, 0.5) is 0 Å². The Hall–Kier alpha value is -1.19. The molecular formula is C14H13ClN2S. The maximum atomic E-state index is 6.05. The summed E-state index contributed by atoms with van der Waals surface area (Å²) in [6.45, 7) is 2.00. The summed E-state index contributed by atoms with van der Waals surface area (Å²) in [5.74, 6) is 1.57. The number of rotatable bonds is 2. The van der Waals surface area contributed by atoms with E-state index in [4.69, 9.17) is 23.8 Å². The number of benzene rings is 1. The number of aromatic amines is 1. The zero-order valence-electron chi connectivity index (χ0n) is 10.0. The molecule has 0 spiro atoms. The molecule has 0 bridgehead atoms. The Bertz CT molecular complexity index is 659. The van der Waals surface area contributed by atoms with Gasteiger partial charge in [0.15, 0.2) is 0 Å². The Kier molecular flexibility index (Phi) is 2.96. The summed E-state index contributed by atoms with van der Waals surface area (Å²) in [4.78, 5) is 7.89. The first-order chi connectivity index (χ1) is 8.65. The highest BCUT2D eigenvalue weighted by atomic mass is 35.5. The van der Waals surface area contributed by atoms with Gasteiger partial charge in [-0.1, -0.05) is 36.0 Å². The van der Waals surface area contributed by atoms with Gasteiger partial charge in [-0.15, -0.1) is 0 Å². The van der Waals surface area contributed by atoms with E-state index in [2.05, 4.69) is 9.97 Å². The van der Waals surface area contributed by atoms with Gasteiger partial charge in [-0.2, -0.15) is 0 Å². The molecule has 1 aromatic carbocycles. The molecule has 0 atom stereocenters. The Morgan fingerprint density at radius 3 is 2.83 bits per heavy atom. The van der Waals surface area contributed by atoms with Crippen LogP contribution in [0, 0.1) is 11.6 Å². The first-order valence-electron chi connectivity index (χ1n) is 6.02. The van der Waals surface area contributed by atoms with Crippen molar-refractivity contribution < 1.29 is 0 Å². The molecule has 0 unspecified atom stereocenters. The van der Waals surface area contributed by atoms with Crippen LogP contribution in [0.2, 0.25) is 5.02 Å². The van der Waals surface area contributed by atoms with E-state index in [0.717, 1.165) is 27.7 Å². The summed E-state index contributed by atoms with van der Waals surface area (Å²) in [5, 5.41) is 0.732. The van der Waals surface area contributed by atoms with Crippen LogP contribution in [0.5, 0.6) is 0 Å². The van der Waals surface area contributed by atoms with Crippen LogP contribution in [0.3, 0.4) is 0 Å².